The number of likely N-dealkylation sites (tertiary alicyclic amines) is 1. The molecule has 3 aromatic rings. The molecular formula is C32H32N4O4. The molecule has 3 amide bonds. The molecule has 4 aliphatic rings. The first-order valence-corrected chi connectivity index (χ1v) is 14.0. The number of nitrogens with zero attached hydrogens (tertiary/aromatic N) is 3. The molecule has 0 aliphatic carbocycles. The smallest absolute Gasteiger partial charge is 0.261 e. The van der Waals surface area contributed by atoms with Gasteiger partial charge in [0.05, 0.1) is 30.8 Å². The maximum Gasteiger partial charge on any atom is 0.261 e. The number of fused-ring (bicyclic) bond motifs is 5. The van der Waals surface area contributed by atoms with Gasteiger partial charge in [0.25, 0.3) is 11.8 Å². The van der Waals surface area contributed by atoms with Gasteiger partial charge in [-0.15, -0.1) is 0 Å². The van der Waals surface area contributed by atoms with Gasteiger partial charge in [0.2, 0.25) is 5.91 Å². The Bertz CT molecular complexity index is 1490. The van der Waals surface area contributed by atoms with Gasteiger partial charge in [-0.3, -0.25) is 24.2 Å². The molecule has 0 spiro atoms. The fourth-order valence-corrected chi connectivity index (χ4v) is 6.93. The van der Waals surface area contributed by atoms with Crippen molar-refractivity contribution >= 4 is 23.4 Å². The largest absolute Gasteiger partial charge is 0.497 e. The SMILES string of the molecule is COc1ccc2c(c1)[C@@H]1CN(C(=O)CN3CCc4ccccc4[C@@H]3CN3C(=O)c4ccccc4C3=O)CC[C@@H]1N2. The molecule has 0 unspecified atom stereocenters. The summed E-state index contributed by atoms with van der Waals surface area (Å²) in [7, 11) is 1.67. The van der Waals surface area contributed by atoms with Crippen molar-refractivity contribution in [3.05, 3.63) is 94.5 Å². The Kier molecular flexibility index (Phi) is 6.08. The van der Waals surface area contributed by atoms with Gasteiger partial charge in [-0.1, -0.05) is 36.4 Å². The van der Waals surface area contributed by atoms with Gasteiger partial charge in [0.15, 0.2) is 0 Å². The minimum Gasteiger partial charge on any atom is -0.497 e. The quantitative estimate of drug-likeness (QED) is 0.501. The van der Waals surface area contributed by atoms with Crippen LogP contribution in [0, 0.1) is 0 Å². The highest BCUT2D eigenvalue weighted by Crippen LogP contribution is 2.42. The predicted molar refractivity (Wildman–Crippen MR) is 151 cm³/mol. The molecule has 8 nitrogen and oxygen atoms in total. The van der Waals surface area contributed by atoms with Crippen molar-refractivity contribution in [1.82, 2.24) is 14.7 Å². The maximum atomic E-state index is 13.8. The Labute approximate surface area is 233 Å². The number of amides is 3. The predicted octanol–water partition coefficient (Wildman–Crippen LogP) is 3.70. The number of rotatable bonds is 5. The molecule has 1 N–H and O–H groups in total. The Balaban J connectivity index is 1.11. The molecular weight excluding hydrogens is 504 g/mol. The summed E-state index contributed by atoms with van der Waals surface area (Å²) in [5.41, 5.74) is 5.51. The van der Waals surface area contributed by atoms with E-state index in [0.717, 1.165) is 29.8 Å². The standard InChI is InChI=1S/C32H32N4O4/c1-40-21-10-11-27-25(16-21)26-17-35(15-13-28(26)33-27)30(37)19-34-14-12-20-6-2-3-7-22(20)29(34)18-36-31(38)23-8-4-5-9-24(23)32(36)39/h2-11,16,26,28-29,33H,12-15,17-19H2,1H3/t26-,28-,29-/m0/s1. The molecule has 0 saturated carbocycles. The van der Waals surface area contributed by atoms with E-state index in [4.69, 9.17) is 4.74 Å². The van der Waals surface area contributed by atoms with Crippen molar-refractivity contribution in [3.63, 3.8) is 0 Å². The number of piperidine rings is 1. The van der Waals surface area contributed by atoms with E-state index in [9.17, 15) is 14.4 Å². The Morgan fingerprint density at radius 3 is 2.48 bits per heavy atom. The van der Waals surface area contributed by atoms with E-state index < -0.39 is 0 Å². The molecule has 4 heterocycles. The molecule has 1 fully saturated rings. The van der Waals surface area contributed by atoms with Crippen molar-refractivity contribution in [1.29, 1.82) is 0 Å². The average Bonchev–Trinajstić information content (AvgIpc) is 3.47. The van der Waals surface area contributed by atoms with E-state index in [2.05, 4.69) is 34.5 Å². The monoisotopic (exact) mass is 536 g/mol. The van der Waals surface area contributed by atoms with Crippen molar-refractivity contribution in [2.45, 2.75) is 30.8 Å². The summed E-state index contributed by atoms with van der Waals surface area (Å²) in [6.07, 6.45) is 1.71. The molecule has 0 aromatic heterocycles. The third-order valence-electron chi connectivity index (χ3n) is 9.06. The van der Waals surface area contributed by atoms with Crippen molar-refractivity contribution < 1.29 is 19.1 Å². The minimum absolute atomic E-state index is 0.0848. The van der Waals surface area contributed by atoms with Gasteiger partial charge in [-0.25, -0.2) is 0 Å². The number of anilines is 1. The molecule has 40 heavy (non-hydrogen) atoms. The van der Waals surface area contributed by atoms with Crippen LogP contribution in [0.3, 0.4) is 0 Å². The lowest BCUT2D eigenvalue weighted by atomic mass is 9.89. The first-order chi connectivity index (χ1) is 19.5. The lowest BCUT2D eigenvalue weighted by molar-refractivity contribution is -0.134. The molecule has 1 saturated heterocycles. The van der Waals surface area contributed by atoms with Crippen LogP contribution < -0.4 is 10.1 Å². The number of imide groups is 1. The fraction of sp³-hybridized carbons (Fsp3) is 0.344. The number of benzene rings is 3. The normalized spacial score (nSPS) is 23.3. The number of hydrogen-bond acceptors (Lipinski definition) is 6. The van der Waals surface area contributed by atoms with Crippen LogP contribution in [0.1, 0.15) is 55.8 Å². The van der Waals surface area contributed by atoms with E-state index in [1.165, 1.54) is 16.0 Å². The van der Waals surface area contributed by atoms with E-state index in [0.29, 0.717) is 36.8 Å². The second-order valence-electron chi connectivity index (χ2n) is 11.1. The van der Waals surface area contributed by atoms with E-state index >= 15 is 0 Å². The maximum absolute atomic E-state index is 13.8. The van der Waals surface area contributed by atoms with Gasteiger partial charge in [0, 0.05) is 43.8 Å². The summed E-state index contributed by atoms with van der Waals surface area (Å²) in [5.74, 6) is 0.604. The zero-order valence-corrected chi connectivity index (χ0v) is 22.5. The Hall–Kier alpha value is -4.17. The number of nitrogens with one attached hydrogen (secondary N) is 1. The molecule has 0 radical (unpaired) electrons. The van der Waals surface area contributed by atoms with Crippen LogP contribution in [0.25, 0.3) is 0 Å². The zero-order chi connectivity index (χ0) is 27.4. The lowest BCUT2D eigenvalue weighted by Gasteiger charge is -2.41. The van der Waals surface area contributed by atoms with Crippen LogP contribution in [-0.2, 0) is 11.2 Å². The lowest BCUT2D eigenvalue weighted by Crippen LogP contribution is -2.51. The highest BCUT2D eigenvalue weighted by molar-refractivity contribution is 6.21. The minimum atomic E-state index is -0.264. The fourth-order valence-electron chi connectivity index (χ4n) is 6.93. The van der Waals surface area contributed by atoms with E-state index in [1.54, 1.807) is 31.4 Å². The van der Waals surface area contributed by atoms with E-state index in [1.807, 2.05) is 23.1 Å². The van der Waals surface area contributed by atoms with Crippen molar-refractivity contribution in [3.8, 4) is 5.75 Å². The third-order valence-corrected chi connectivity index (χ3v) is 9.06. The van der Waals surface area contributed by atoms with Crippen molar-refractivity contribution in [2.75, 3.05) is 45.2 Å². The molecule has 204 valence electrons. The number of ether oxygens (including phenoxy) is 1. The first-order valence-electron chi connectivity index (χ1n) is 14.0. The highest BCUT2D eigenvalue weighted by atomic mass is 16.5. The van der Waals surface area contributed by atoms with Crippen LogP contribution in [0.2, 0.25) is 0 Å². The Morgan fingerprint density at radius 1 is 0.950 bits per heavy atom. The summed E-state index contributed by atoms with van der Waals surface area (Å²) in [6, 6.07) is 21.3. The third kappa shape index (κ3) is 4.05. The molecule has 3 aromatic carbocycles. The Morgan fingerprint density at radius 2 is 1.70 bits per heavy atom. The summed E-state index contributed by atoms with van der Waals surface area (Å²) in [6.45, 7) is 2.52. The van der Waals surface area contributed by atoms with Crippen LogP contribution in [0.4, 0.5) is 5.69 Å². The first kappa shape index (κ1) is 24.8. The molecule has 8 heteroatoms. The summed E-state index contributed by atoms with van der Waals surface area (Å²) >= 11 is 0. The molecule has 3 atom stereocenters. The van der Waals surface area contributed by atoms with Crippen LogP contribution in [0.15, 0.2) is 66.7 Å². The number of carbonyl (C=O) groups excluding carboxylic acids is 3. The summed E-state index contributed by atoms with van der Waals surface area (Å²) < 4.78 is 5.46. The van der Waals surface area contributed by atoms with Crippen LogP contribution >= 0.6 is 0 Å². The van der Waals surface area contributed by atoms with Gasteiger partial charge in [0.1, 0.15) is 5.75 Å². The van der Waals surface area contributed by atoms with Gasteiger partial charge >= 0.3 is 0 Å². The second-order valence-corrected chi connectivity index (χ2v) is 11.1. The number of methoxy groups -OCH3 is 1. The van der Waals surface area contributed by atoms with Gasteiger partial charge in [-0.05, 0) is 59.9 Å². The molecule has 0 bridgehead atoms. The summed E-state index contributed by atoms with van der Waals surface area (Å²) in [5, 5.41) is 3.63. The van der Waals surface area contributed by atoms with Crippen LogP contribution in [-0.4, -0.2) is 78.3 Å². The molecule has 7 rings (SSSR count). The number of hydrogen-bond donors (Lipinski definition) is 1. The average molecular weight is 537 g/mol. The van der Waals surface area contributed by atoms with E-state index in [-0.39, 0.29) is 42.8 Å². The van der Waals surface area contributed by atoms with Gasteiger partial charge < -0.3 is 15.0 Å². The van der Waals surface area contributed by atoms with Crippen LogP contribution in [0.5, 0.6) is 5.75 Å². The molecule has 4 aliphatic heterocycles. The topological polar surface area (TPSA) is 82.2 Å². The summed E-state index contributed by atoms with van der Waals surface area (Å²) in [4.78, 5) is 45.7. The van der Waals surface area contributed by atoms with Gasteiger partial charge in [-0.2, -0.15) is 0 Å². The second kappa shape index (κ2) is 9.78. The zero-order valence-electron chi connectivity index (χ0n) is 22.5. The highest BCUT2D eigenvalue weighted by Gasteiger charge is 2.41. The number of carbonyl (C=O) groups is 3. The van der Waals surface area contributed by atoms with Crippen molar-refractivity contribution in [2.24, 2.45) is 0 Å².